The van der Waals surface area contributed by atoms with Crippen molar-refractivity contribution in [2.24, 2.45) is 0 Å². The highest BCUT2D eigenvalue weighted by molar-refractivity contribution is 5.93. The number of carbonyl (C=O) groups is 2. The Morgan fingerprint density at radius 1 is 1.03 bits per heavy atom. The van der Waals surface area contributed by atoms with Gasteiger partial charge in [0.2, 0.25) is 0 Å². The minimum atomic E-state index is -1.05. The Morgan fingerprint density at radius 3 is 2.58 bits per heavy atom. The van der Waals surface area contributed by atoms with Gasteiger partial charge in [-0.2, -0.15) is 0 Å². The molecule has 2 aliphatic heterocycles. The molecule has 0 spiro atoms. The van der Waals surface area contributed by atoms with Crippen molar-refractivity contribution in [3.8, 4) is 5.75 Å². The molecule has 2 atom stereocenters. The van der Waals surface area contributed by atoms with E-state index in [4.69, 9.17) is 9.47 Å². The van der Waals surface area contributed by atoms with E-state index in [1.807, 2.05) is 72.8 Å². The van der Waals surface area contributed by atoms with Gasteiger partial charge in [-0.05, 0) is 35.4 Å². The van der Waals surface area contributed by atoms with Crippen LogP contribution >= 0.6 is 0 Å². The highest BCUT2D eigenvalue weighted by Gasteiger charge is 2.61. The summed E-state index contributed by atoms with van der Waals surface area (Å²) in [5.41, 5.74) is 1.88. The molecule has 3 aromatic carbocycles. The van der Waals surface area contributed by atoms with E-state index in [2.05, 4.69) is 5.32 Å². The van der Waals surface area contributed by atoms with Crippen LogP contribution < -0.4 is 10.1 Å². The van der Waals surface area contributed by atoms with Gasteiger partial charge in [-0.1, -0.05) is 60.7 Å². The van der Waals surface area contributed by atoms with Crippen molar-refractivity contribution in [3.63, 3.8) is 0 Å². The number of methoxy groups -OCH3 is 1. The molecule has 5 nitrogen and oxygen atoms in total. The van der Waals surface area contributed by atoms with Gasteiger partial charge in [-0.25, -0.2) is 4.79 Å². The Kier molecular flexibility index (Phi) is 4.40. The molecule has 0 amide bonds. The third-order valence-electron chi connectivity index (χ3n) is 6.25. The van der Waals surface area contributed by atoms with Gasteiger partial charge >= 0.3 is 5.97 Å². The molecule has 5 rings (SSSR count). The van der Waals surface area contributed by atoms with Crippen molar-refractivity contribution in [2.75, 3.05) is 19.0 Å². The summed E-state index contributed by atoms with van der Waals surface area (Å²) in [7, 11) is 1.34. The number of benzene rings is 3. The Bertz CT molecular complexity index is 1200. The van der Waals surface area contributed by atoms with Crippen molar-refractivity contribution in [1.29, 1.82) is 0 Å². The van der Waals surface area contributed by atoms with Gasteiger partial charge in [0.25, 0.3) is 0 Å². The summed E-state index contributed by atoms with van der Waals surface area (Å²) in [4.78, 5) is 25.0. The second-order valence-corrected chi connectivity index (χ2v) is 7.80. The zero-order chi connectivity index (χ0) is 21.5. The summed E-state index contributed by atoms with van der Waals surface area (Å²) in [5, 5.41) is 3.60. The summed E-state index contributed by atoms with van der Waals surface area (Å²) in [6.45, 7) is 0.150. The zero-order valence-electron chi connectivity index (χ0n) is 17.0. The largest absolute Gasteiger partial charge is 0.492 e. The van der Waals surface area contributed by atoms with Crippen molar-refractivity contribution in [1.82, 2.24) is 0 Å². The monoisotopic (exact) mass is 411 g/mol. The van der Waals surface area contributed by atoms with E-state index in [9.17, 15) is 9.59 Å². The van der Waals surface area contributed by atoms with Crippen LogP contribution in [-0.4, -0.2) is 26.0 Å². The molecule has 5 heteroatoms. The lowest BCUT2D eigenvalue weighted by Crippen LogP contribution is -2.56. The topological polar surface area (TPSA) is 64.6 Å². The first-order valence-corrected chi connectivity index (χ1v) is 10.1. The molecular weight excluding hydrogens is 390 g/mol. The average molecular weight is 411 g/mol. The van der Waals surface area contributed by atoms with E-state index >= 15 is 0 Å². The number of para-hydroxylation sites is 1. The predicted octanol–water partition coefficient (Wildman–Crippen LogP) is 4.34. The number of rotatable bonds is 4. The number of nitrogens with one attached hydrogen (secondary N) is 1. The molecular formula is C26H21NO4. The van der Waals surface area contributed by atoms with Crippen LogP contribution in [0.15, 0.2) is 78.9 Å². The van der Waals surface area contributed by atoms with Crippen molar-refractivity contribution < 1.29 is 19.1 Å². The zero-order valence-corrected chi connectivity index (χ0v) is 17.0. The van der Waals surface area contributed by atoms with Gasteiger partial charge in [-0.15, -0.1) is 0 Å². The lowest BCUT2D eigenvalue weighted by Gasteiger charge is -2.45. The number of hydrogen-bond acceptors (Lipinski definition) is 5. The molecule has 0 aromatic heterocycles. The molecule has 0 aliphatic carbocycles. The van der Waals surface area contributed by atoms with E-state index in [-0.39, 0.29) is 6.61 Å². The van der Waals surface area contributed by atoms with Gasteiger partial charge in [0.15, 0.2) is 0 Å². The number of fused-ring (bicyclic) bond motifs is 5. The van der Waals surface area contributed by atoms with Crippen LogP contribution in [0.25, 0.3) is 6.08 Å². The second kappa shape index (κ2) is 7.13. The third kappa shape index (κ3) is 2.70. The van der Waals surface area contributed by atoms with Crippen LogP contribution in [0.2, 0.25) is 0 Å². The van der Waals surface area contributed by atoms with E-state index in [0.29, 0.717) is 5.56 Å². The Balaban J connectivity index is 1.75. The molecule has 0 saturated heterocycles. The maximum Gasteiger partial charge on any atom is 0.337 e. The van der Waals surface area contributed by atoms with Crippen LogP contribution in [0.1, 0.15) is 27.0 Å². The van der Waals surface area contributed by atoms with Gasteiger partial charge in [0.1, 0.15) is 29.6 Å². The highest BCUT2D eigenvalue weighted by atomic mass is 16.5. The van der Waals surface area contributed by atoms with Crippen LogP contribution in [0, 0.1) is 0 Å². The summed E-state index contributed by atoms with van der Waals surface area (Å²) in [6, 6.07) is 22.9. The minimum Gasteiger partial charge on any atom is -0.492 e. The summed E-state index contributed by atoms with van der Waals surface area (Å²) < 4.78 is 11.0. The molecule has 2 heterocycles. The molecule has 0 saturated carbocycles. The number of aldehydes is 1. The number of hydrogen-bond donors (Lipinski definition) is 1. The maximum absolute atomic E-state index is 12.8. The molecule has 31 heavy (non-hydrogen) atoms. The number of esters is 1. The Hall–Kier alpha value is -3.86. The summed E-state index contributed by atoms with van der Waals surface area (Å²) in [6.07, 6.45) is 4.99. The molecule has 0 radical (unpaired) electrons. The predicted molar refractivity (Wildman–Crippen MR) is 118 cm³/mol. The average Bonchev–Trinajstić information content (AvgIpc) is 3.13. The molecule has 154 valence electrons. The molecule has 1 N–H and O–H groups in total. The fraction of sp³-hybridized carbons (Fsp3) is 0.154. The van der Waals surface area contributed by atoms with Crippen molar-refractivity contribution >= 4 is 24.0 Å². The second-order valence-electron chi connectivity index (χ2n) is 7.80. The van der Waals surface area contributed by atoms with Gasteiger partial charge < -0.3 is 19.6 Å². The molecule has 0 bridgehead atoms. The van der Waals surface area contributed by atoms with E-state index in [0.717, 1.165) is 34.4 Å². The Labute approximate surface area is 180 Å². The van der Waals surface area contributed by atoms with Crippen LogP contribution in [0.3, 0.4) is 0 Å². The smallest absolute Gasteiger partial charge is 0.337 e. The lowest BCUT2D eigenvalue weighted by atomic mass is 9.64. The standard InChI is InChI=1S/C26H21NO4/c1-30-24(29)19-11-12-22-21(15-19)25(16-28)17-31-23-10-6-5-9-20(23)26(25,27-22)14-13-18-7-3-2-4-8-18/h2-16,27H,17H2,1H3/b14-13+/t25-,26-/m1/s1. The fourth-order valence-electron chi connectivity index (χ4n) is 4.67. The SMILES string of the molecule is COC(=O)c1ccc2c(c1)[C@@]1(C=O)COc3ccccc3[C@@]1(/C=C/c1ccccc1)N2. The highest BCUT2D eigenvalue weighted by Crippen LogP contribution is 2.57. The summed E-state index contributed by atoms with van der Waals surface area (Å²) >= 11 is 0. The van der Waals surface area contributed by atoms with Crippen LogP contribution in [-0.2, 0) is 20.5 Å². The Morgan fingerprint density at radius 2 is 1.81 bits per heavy atom. The number of ether oxygens (including phenoxy) is 2. The maximum atomic E-state index is 12.8. The first-order valence-electron chi connectivity index (χ1n) is 10.1. The van der Waals surface area contributed by atoms with Crippen LogP contribution in [0.5, 0.6) is 5.75 Å². The van der Waals surface area contributed by atoms with Gasteiger partial charge in [0.05, 0.1) is 12.7 Å². The first kappa shape index (κ1) is 19.1. The van der Waals surface area contributed by atoms with E-state index in [1.165, 1.54) is 7.11 Å². The fourth-order valence-corrected chi connectivity index (χ4v) is 4.67. The number of anilines is 1. The molecule has 3 aromatic rings. The van der Waals surface area contributed by atoms with E-state index in [1.54, 1.807) is 12.1 Å². The normalized spacial score (nSPS) is 23.1. The molecule has 0 fully saturated rings. The minimum absolute atomic E-state index is 0.150. The molecule has 2 aliphatic rings. The van der Waals surface area contributed by atoms with Gasteiger partial charge in [-0.3, -0.25) is 0 Å². The molecule has 0 unspecified atom stereocenters. The van der Waals surface area contributed by atoms with Gasteiger partial charge in [0, 0.05) is 11.3 Å². The quantitative estimate of drug-likeness (QED) is 0.511. The summed E-state index contributed by atoms with van der Waals surface area (Å²) in [5.74, 6) is 0.282. The van der Waals surface area contributed by atoms with E-state index < -0.39 is 16.9 Å². The third-order valence-corrected chi connectivity index (χ3v) is 6.25. The first-order chi connectivity index (χ1) is 15.1. The number of carbonyl (C=O) groups excluding carboxylic acids is 2. The van der Waals surface area contributed by atoms with Crippen LogP contribution in [0.4, 0.5) is 5.69 Å². The van der Waals surface area contributed by atoms with Crippen molar-refractivity contribution in [3.05, 3.63) is 101 Å². The lowest BCUT2D eigenvalue weighted by molar-refractivity contribution is -0.115. The van der Waals surface area contributed by atoms with Crippen molar-refractivity contribution in [2.45, 2.75) is 11.0 Å².